The number of nitrogens with two attached hydrogens (primary N) is 1. The first kappa shape index (κ1) is 12.8. The van der Waals surface area contributed by atoms with Gasteiger partial charge >= 0.3 is 0 Å². The number of hydrogen-bond donors (Lipinski definition) is 2. The smallest absolute Gasteiger partial charge is 0.144 e. The fraction of sp³-hybridized carbons (Fsp3) is 0.571. The zero-order valence-electron chi connectivity index (χ0n) is 11.0. The minimum absolute atomic E-state index is 0.357. The van der Waals surface area contributed by atoms with Crippen molar-refractivity contribution in [2.45, 2.75) is 39.2 Å². The van der Waals surface area contributed by atoms with Crippen LogP contribution in [0.4, 0.5) is 5.82 Å². The van der Waals surface area contributed by atoms with Crippen LogP contribution in [-0.4, -0.2) is 17.6 Å². The monoisotopic (exact) mass is 244 g/mol. The Hall–Kier alpha value is -1.60. The standard InChI is InChI=1S/C14H20N4/c1-9-6-10(2)17-14(12(9)8-16)18-13-5-3-4-11(13)7-15/h6,11,13H,3-5,7,15H2,1-2H3,(H,17,18). The number of hydrogen-bond acceptors (Lipinski definition) is 4. The summed E-state index contributed by atoms with van der Waals surface area (Å²) in [6, 6.07) is 4.54. The summed E-state index contributed by atoms with van der Waals surface area (Å²) in [7, 11) is 0. The van der Waals surface area contributed by atoms with Crippen molar-refractivity contribution in [3.63, 3.8) is 0 Å². The van der Waals surface area contributed by atoms with E-state index in [-0.39, 0.29) is 0 Å². The van der Waals surface area contributed by atoms with E-state index in [1.165, 1.54) is 12.8 Å². The molecule has 0 bridgehead atoms. The number of aromatic nitrogens is 1. The molecule has 3 N–H and O–H groups in total. The average Bonchev–Trinajstić information content (AvgIpc) is 2.76. The number of nitrogens with zero attached hydrogens (tertiary/aromatic N) is 2. The van der Waals surface area contributed by atoms with E-state index in [2.05, 4.69) is 16.4 Å². The molecule has 0 amide bonds. The summed E-state index contributed by atoms with van der Waals surface area (Å²) in [6.07, 6.45) is 3.48. The van der Waals surface area contributed by atoms with Crippen molar-refractivity contribution in [3.8, 4) is 6.07 Å². The van der Waals surface area contributed by atoms with E-state index < -0.39 is 0 Å². The maximum absolute atomic E-state index is 9.23. The molecule has 0 aromatic carbocycles. The third-order valence-corrected chi connectivity index (χ3v) is 3.74. The number of nitrogens with one attached hydrogen (secondary N) is 1. The summed E-state index contributed by atoms with van der Waals surface area (Å²) in [5.74, 6) is 1.22. The van der Waals surface area contributed by atoms with E-state index in [9.17, 15) is 5.26 Å². The van der Waals surface area contributed by atoms with E-state index in [1.807, 2.05) is 19.9 Å². The van der Waals surface area contributed by atoms with Crippen molar-refractivity contribution in [3.05, 3.63) is 22.9 Å². The van der Waals surface area contributed by atoms with Gasteiger partial charge in [0.25, 0.3) is 0 Å². The highest BCUT2D eigenvalue weighted by atomic mass is 15.0. The molecule has 18 heavy (non-hydrogen) atoms. The molecule has 4 heteroatoms. The van der Waals surface area contributed by atoms with E-state index in [1.54, 1.807) is 0 Å². The number of rotatable bonds is 3. The third-order valence-electron chi connectivity index (χ3n) is 3.74. The molecule has 1 aromatic rings. The number of pyridine rings is 1. The van der Waals surface area contributed by atoms with Crippen molar-refractivity contribution >= 4 is 5.82 Å². The fourth-order valence-electron chi connectivity index (χ4n) is 2.77. The van der Waals surface area contributed by atoms with Gasteiger partial charge in [-0.2, -0.15) is 5.26 Å². The highest BCUT2D eigenvalue weighted by molar-refractivity contribution is 5.57. The van der Waals surface area contributed by atoms with Crippen molar-refractivity contribution < 1.29 is 0 Å². The van der Waals surface area contributed by atoms with Crippen LogP contribution >= 0.6 is 0 Å². The van der Waals surface area contributed by atoms with Gasteiger partial charge in [-0.1, -0.05) is 6.42 Å². The van der Waals surface area contributed by atoms with Gasteiger partial charge in [-0.05, 0) is 50.8 Å². The normalized spacial score (nSPS) is 22.8. The SMILES string of the molecule is Cc1cc(C)c(C#N)c(NC2CCCC2CN)n1. The van der Waals surface area contributed by atoms with Crippen molar-refractivity contribution in [1.29, 1.82) is 5.26 Å². The van der Waals surface area contributed by atoms with Crippen LogP contribution in [0.5, 0.6) is 0 Å². The lowest BCUT2D eigenvalue weighted by Crippen LogP contribution is -2.30. The maximum atomic E-state index is 9.23. The van der Waals surface area contributed by atoms with Gasteiger partial charge in [0, 0.05) is 11.7 Å². The Balaban J connectivity index is 2.26. The Bertz CT molecular complexity index is 475. The summed E-state index contributed by atoms with van der Waals surface area (Å²) in [4.78, 5) is 4.46. The molecule has 2 rings (SSSR count). The second-order valence-corrected chi connectivity index (χ2v) is 5.09. The predicted molar refractivity (Wildman–Crippen MR) is 72.2 cm³/mol. The highest BCUT2D eigenvalue weighted by Gasteiger charge is 2.27. The summed E-state index contributed by atoms with van der Waals surface area (Å²) < 4.78 is 0. The van der Waals surface area contributed by atoms with Crippen LogP contribution < -0.4 is 11.1 Å². The van der Waals surface area contributed by atoms with Crippen molar-refractivity contribution in [1.82, 2.24) is 4.98 Å². The molecule has 4 nitrogen and oxygen atoms in total. The Kier molecular flexibility index (Phi) is 3.83. The van der Waals surface area contributed by atoms with Gasteiger partial charge in [0.1, 0.15) is 11.9 Å². The van der Waals surface area contributed by atoms with Gasteiger partial charge in [0.15, 0.2) is 0 Å². The Morgan fingerprint density at radius 3 is 2.94 bits per heavy atom. The molecule has 1 aliphatic carbocycles. The summed E-state index contributed by atoms with van der Waals surface area (Å²) in [5.41, 5.74) is 8.36. The van der Waals surface area contributed by atoms with Crippen LogP contribution in [0.3, 0.4) is 0 Å². The molecule has 1 aromatic heterocycles. The van der Waals surface area contributed by atoms with Crippen LogP contribution in [0, 0.1) is 31.1 Å². The average molecular weight is 244 g/mol. The molecule has 0 radical (unpaired) electrons. The molecule has 2 atom stereocenters. The summed E-state index contributed by atoms with van der Waals surface area (Å²) in [5, 5.41) is 12.7. The molecule has 1 heterocycles. The van der Waals surface area contributed by atoms with E-state index in [0.29, 0.717) is 24.1 Å². The fourth-order valence-corrected chi connectivity index (χ4v) is 2.77. The molecule has 2 unspecified atom stereocenters. The van der Waals surface area contributed by atoms with E-state index >= 15 is 0 Å². The van der Waals surface area contributed by atoms with Crippen molar-refractivity contribution in [2.75, 3.05) is 11.9 Å². The van der Waals surface area contributed by atoms with Gasteiger partial charge in [-0.3, -0.25) is 0 Å². The minimum Gasteiger partial charge on any atom is -0.366 e. The molecule has 1 aliphatic rings. The molecule has 0 aliphatic heterocycles. The lowest BCUT2D eigenvalue weighted by atomic mass is 10.0. The number of nitriles is 1. The lowest BCUT2D eigenvalue weighted by molar-refractivity contribution is 0.515. The highest BCUT2D eigenvalue weighted by Crippen LogP contribution is 2.29. The number of anilines is 1. The Morgan fingerprint density at radius 1 is 1.50 bits per heavy atom. The molecule has 0 spiro atoms. The topological polar surface area (TPSA) is 74.7 Å². The zero-order chi connectivity index (χ0) is 13.1. The first-order valence-electron chi connectivity index (χ1n) is 6.50. The zero-order valence-corrected chi connectivity index (χ0v) is 11.0. The molecular formula is C14H20N4. The second-order valence-electron chi connectivity index (χ2n) is 5.09. The maximum Gasteiger partial charge on any atom is 0.144 e. The van der Waals surface area contributed by atoms with Gasteiger partial charge in [-0.15, -0.1) is 0 Å². The largest absolute Gasteiger partial charge is 0.366 e. The number of aryl methyl sites for hydroxylation is 2. The minimum atomic E-state index is 0.357. The van der Waals surface area contributed by atoms with E-state index in [4.69, 9.17) is 5.73 Å². The van der Waals surface area contributed by atoms with Gasteiger partial charge < -0.3 is 11.1 Å². The van der Waals surface area contributed by atoms with E-state index in [0.717, 1.165) is 23.5 Å². The quantitative estimate of drug-likeness (QED) is 0.854. The van der Waals surface area contributed by atoms with Crippen LogP contribution in [-0.2, 0) is 0 Å². The van der Waals surface area contributed by atoms with Crippen LogP contribution in [0.15, 0.2) is 6.07 Å². The van der Waals surface area contributed by atoms with Crippen LogP contribution in [0.1, 0.15) is 36.1 Å². The Labute approximate surface area is 108 Å². The first-order valence-corrected chi connectivity index (χ1v) is 6.50. The first-order chi connectivity index (χ1) is 8.65. The van der Waals surface area contributed by atoms with Crippen LogP contribution in [0.2, 0.25) is 0 Å². The molecule has 0 saturated heterocycles. The lowest BCUT2D eigenvalue weighted by Gasteiger charge is -2.21. The van der Waals surface area contributed by atoms with Gasteiger partial charge in [-0.25, -0.2) is 4.98 Å². The molecular weight excluding hydrogens is 224 g/mol. The molecule has 96 valence electrons. The second kappa shape index (κ2) is 5.36. The summed E-state index contributed by atoms with van der Waals surface area (Å²) in [6.45, 7) is 4.60. The third kappa shape index (κ3) is 2.46. The van der Waals surface area contributed by atoms with Gasteiger partial charge in [0.2, 0.25) is 0 Å². The predicted octanol–water partition coefficient (Wildman–Crippen LogP) is 2.11. The van der Waals surface area contributed by atoms with Gasteiger partial charge in [0.05, 0.1) is 5.56 Å². The Morgan fingerprint density at radius 2 is 2.28 bits per heavy atom. The molecule has 1 fully saturated rings. The molecule has 1 saturated carbocycles. The van der Waals surface area contributed by atoms with Crippen LogP contribution in [0.25, 0.3) is 0 Å². The summed E-state index contributed by atoms with van der Waals surface area (Å²) >= 11 is 0. The van der Waals surface area contributed by atoms with Crippen molar-refractivity contribution in [2.24, 2.45) is 11.7 Å².